The van der Waals surface area contributed by atoms with Gasteiger partial charge in [0.15, 0.2) is 0 Å². The molecule has 0 aromatic heterocycles. The molecule has 0 heterocycles. The summed E-state index contributed by atoms with van der Waals surface area (Å²) < 4.78 is 0. The average Bonchev–Trinajstić information content (AvgIpc) is 2.55. The van der Waals surface area contributed by atoms with Crippen LogP contribution in [0.2, 0.25) is 0 Å². The van der Waals surface area contributed by atoms with Crippen molar-refractivity contribution in [2.45, 2.75) is 11.8 Å². The van der Waals surface area contributed by atoms with E-state index in [1.807, 2.05) is 6.07 Å². The summed E-state index contributed by atoms with van der Waals surface area (Å²) in [5.74, 6) is 0. The SMILES string of the molecule is Cc1ccc2c(ccc3c(S)c(-c4ccccc4)ccc32)c1. The highest BCUT2D eigenvalue weighted by molar-refractivity contribution is 7.80. The van der Waals surface area contributed by atoms with E-state index in [4.69, 9.17) is 12.6 Å². The molecule has 4 rings (SSSR count). The molecule has 0 fully saturated rings. The molecule has 0 spiro atoms. The van der Waals surface area contributed by atoms with Gasteiger partial charge < -0.3 is 0 Å². The van der Waals surface area contributed by atoms with Crippen LogP contribution >= 0.6 is 12.6 Å². The summed E-state index contributed by atoms with van der Waals surface area (Å²) in [6.45, 7) is 2.13. The van der Waals surface area contributed by atoms with Gasteiger partial charge in [-0.05, 0) is 39.6 Å². The van der Waals surface area contributed by atoms with Crippen LogP contribution in [0.3, 0.4) is 0 Å². The molecule has 0 amide bonds. The smallest absolute Gasteiger partial charge is 0.0198 e. The number of rotatable bonds is 1. The fraction of sp³-hybridized carbons (Fsp3) is 0.0476. The zero-order chi connectivity index (χ0) is 15.1. The lowest BCUT2D eigenvalue weighted by Gasteiger charge is -2.11. The Morgan fingerprint density at radius 2 is 1.41 bits per heavy atom. The fourth-order valence-corrected chi connectivity index (χ4v) is 3.50. The Bertz CT molecular complexity index is 985. The first kappa shape index (κ1) is 13.4. The Kier molecular flexibility index (Phi) is 3.16. The van der Waals surface area contributed by atoms with E-state index in [1.54, 1.807) is 0 Å². The summed E-state index contributed by atoms with van der Waals surface area (Å²) in [7, 11) is 0. The number of aryl methyl sites for hydroxylation is 1. The molecule has 0 aliphatic heterocycles. The second-order valence-electron chi connectivity index (χ2n) is 5.71. The maximum absolute atomic E-state index is 4.82. The van der Waals surface area contributed by atoms with E-state index in [9.17, 15) is 0 Å². The predicted octanol–water partition coefficient (Wildman–Crippen LogP) is 6.26. The lowest BCUT2D eigenvalue weighted by molar-refractivity contribution is 1.50. The second-order valence-corrected chi connectivity index (χ2v) is 6.16. The zero-order valence-electron chi connectivity index (χ0n) is 12.4. The van der Waals surface area contributed by atoms with Crippen molar-refractivity contribution in [3.05, 3.63) is 78.4 Å². The van der Waals surface area contributed by atoms with Gasteiger partial charge in [-0.3, -0.25) is 0 Å². The van der Waals surface area contributed by atoms with Crippen LogP contribution in [-0.4, -0.2) is 0 Å². The maximum atomic E-state index is 4.82. The third-order valence-electron chi connectivity index (χ3n) is 4.23. The highest BCUT2D eigenvalue weighted by atomic mass is 32.1. The van der Waals surface area contributed by atoms with E-state index in [0.717, 1.165) is 4.90 Å². The van der Waals surface area contributed by atoms with E-state index < -0.39 is 0 Å². The molecule has 4 aromatic carbocycles. The molecule has 0 aliphatic carbocycles. The minimum Gasteiger partial charge on any atom is -0.142 e. The van der Waals surface area contributed by atoms with Crippen LogP contribution in [0.15, 0.2) is 77.7 Å². The third kappa shape index (κ3) is 2.10. The van der Waals surface area contributed by atoms with Crippen molar-refractivity contribution in [1.29, 1.82) is 0 Å². The number of benzene rings is 4. The van der Waals surface area contributed by atoms with Gasteiger partial charge in [0.05, 0.1) is 0 Å². The predicted molar refractivity (Wildman–Crippen MR) is 98.9 cm³/mol. The van der Waals surface area contributed by atoms with Crippen LogP contribution in [0.4, 0.5) is 0 Å². The molecule has 0 nitrogen and oxygen atoms in total. The molecular weight excluding hydrogens is 284 g/mol. The van der Waals surface area contributed by atoms with Crippen LogP contribution < -0.4 is 0 Å². The van der Waals surface area contributed by atoms with Gasteiger partial charge in [-0.1, -0.05) is 78.4 Å². The Hall–Kier alpha value is -2.25. The monoisotopic (exact) mass is 300 g/mol. The van der Waals surface area contributed by atoms with Crippen molar-refractivity contribution >= 4 is 34.2 Å². The van der Waals surface area contributed by atoms with E-state index in [0.29, 0.717) is 0 Å². The van der Waals surface area contributed by atoms with Gasteiger partial charge in [-0.15, -0.1) is 12.6 Å². The zero-order valence-corrected chi connectivity index (χ0v) is 13.3. The van der Waals surface area contributed by atoms with Crippen LogP contribution in [0.5, 0.6) is 0 Å². The van der Waals surface area contributed by atoms with Gasteiger partial charge in [0, 0.05) is 4.90 Å². The molecule has 0 unspecified atom stereocenters. The molecule has 0 aliphatic rings. The number of hydrogen-bond acceptors (Lipinski definition) is 1. The lowest BCUT2D eigenvalue weighted by Crippen LogP contribution is -1.85. The second kappa shape index (κ2) is 5.19. The van der Waals surface area contributed by atoms with Crippen molar-refractivity contribution in [2.75, 3.05) is 0 Å². The normalized spacial score (nSPS) is 11.2. The summed E-state index contributed by atoms with van der Waals surface area (Å²) in [6, 6.07) is 25.8. The Morgan fingerprint density at radius 1 is 0.682 bits per heavy atom. The molecule has 0 saturated heterocycles. The van der Waals surface area contributed by atoms with Gasteiger partial charge in [-0.2, -0.15) is 0 Å². The maximum Gasteiger partial charge on any atom is 0.0198 e. The van der Waals surface area contributed by atoms with Gasteiger partial charge in [0.1, 0.15) is 0 Å². The first-order chi connectivity index (χ1) is 10.7. The average molecular weight is 300 g/mol. The summed E-state index contributed by atoms with van der Waals surface area (Å²) in [5, 5.41) is 5.05. The third-order valence-corrected chi connectivity index (χ3v) is 4.71. The first-order valence-corrected chi connectivity index (χ1v) is 7.89. The largest absolute Gasteiger partial charge is 0.142 e. The van der Waals surface area contributed by atoms with Gasteiger partial charge >= 0.3 is 0 Å². The summed E-state index contributed by atoms with van der Waals surface area (Å²) >= 11 is 4.82. The summed E-state index contributed by atoms with van der Waals surface area (Å²) in [5.41, 5.74) is 3.68. The highest BCUT2D eigenvalue weighted by Gasteiger charge is 2.08. The van der Waals surface area contributed by atoms with Crippen molar-refractivity contribution in [3.63, 3.8) is 0 Å². The molecule has 106 valence electrons. The molecule has 0 saturated carbocycles. The van der Waals surface area contributed by atoms with Crippen LogP contribution in [0.25, 0.3) is 32.7 Å². The molecule has 4 aromatic rings. The topological polar surface area (TPSA) is 0 Å². The van der Waals surface area contributed by atoms with Crippen LogP contribution in [0.1, 0.15) is 5.56 Å². The van der Waals surface area contributed by atoms with E-state index in [1.165, 1.54) is 38.2 Å². The van der Waals surface area contributed by atoms with Gasteiger partial charge in [0.2, 0.25) is 0 Å². The Morgan fingerprint density at radius 3 is 2.23 bits per heavy atom. The minimum absolute atomic E-state index is 1.05. The number of hydrogen-bond donors (Lipinski definition) is 1. The quantitative estimate of drug-likeness (QED) is 0.311. The van der Waals surface area contributed by atoms with Crippen molar-refractivity contribution in [3.8, 4) is 11.1 Å². The van der Waals surface area contributed by atoms with Crippen molar-refractivity contribution in [1.82, 2.24) is 0 Å². The molecule has 0 radical (unpaired) electrons. The van der Waals surface area contributed by atoms with Crippen molar-refractivity contribution in [2.24, 2.45) is 0 Å². The standard InChI is InChI=1S/C21H16S/c1-14-7-9-17-16(13-14)8-10-20-19(17)12-11-18(21(20)22)15-5-3-2-4-6-15/h2-13,22H,1H3. The Labute approximate surface area is 135 Å². The molecule has 0 N–H and O–H groups in total. The van der Waals surface area contributed by atoms with Crippen LogP contribution in [-0.2, 0) is 0 Å². The van der Waals surface area contributed by atoms with E-state index in [2.05, 4.69) is 73.7 Å². The number of fused-ring (bicyclic) bond motifs is 3. The van der Waals surface area contributed by atoms with Gasteiger partial charge in [-0.25, -0.2) is 0 Å². The number of thiol groups is 1. The first-order valence-electron chi connectivity index (χ1n) is 7.44. The summed E-state index contributed by atoms with van der Waals surface area (Å²) in [4.78, 5) is 1.05. The van der Waals surface area contributed by atoms with Crippen molar-refractivity contribution < 1.29 is 0 Å². The molecule has 1 heteroatoms. The molecule has 22 heavy (non-hydrogen) atoms. The van der Waals surface area contributed by atoms with Crippen LogP contribution in [0, 0.1) is 6.92 Å². The van der Waals surface area contributed by atoms with E-state index >= 15 is 0 Å². The fourth-order valence-electron chi connectivity index (χ4n) is 3.10. The van der Waals surface area contributed by atoms with E-state index in [-0.39, 0.29) is 0 Å². The highest BCUT2D eigenvalue weighted by Crippen LogP contribution is 2.36. The lowest BCUT2D eigenvalue weighted by atomic mass is 9.96. The summed E-state index contributed by atoms with van der Waals surface area (Å²) in [6.07, 6.45) is 0. The molecule has 0 atom stereocenters. The Balaban J connectivity index is 2.04. The molecule has 0 bridgehead atoms. The minimum atomic E-state index is 1.05. The molecular formula is C21H16S. The van der Waals surface area contributed by atoms with Gasteiger partial charge in [0.25, 0.3) is 0 Å².